The molecule has 2 saturated carbocycles. The van der Waals surface area contributed by atoms with Crippen LogP contribution in [0.3, 0.4) is 0 Å². The van der Waals surface area contributed by atoms with Gasteiger partial charge in [0.1, 0.15) is 25.1 Å². The van der Waals surface area contributed by atoms with Gasteiger partial charge >= 0.3 is 19.2 Å². The van der Waals surface area contributed by atoms with Crippen molar-refractivity contribution in [3.8, 4) is 0 Å². The molecule has 2 aliphatic carbocycles. The van der Waals surface area contributed by atoms with Gasteiger partial charge in [0, 0.05) is 0 Å². The molecule has 0 radical (unpaired) electrons. The molecule has 2 spiro atoms. The van der Waals surface area contributed by atoms with Crippen molar-refractivity contribution in [2.75, 3.05) is 19.7 Å². The Bertz CT molecular complexity index is 545. The minimum atomic E-state index is -0.989. The zero-order valence-corrected chi connectivity index (χ0v) is 16.1. The van der Waals surface area contributed by atoms with Crippen molar-refractivity contribution in [3.05, 3.63) is 0 Å². The number of rotatable bonds is 3. The van der Waals surface area contributed by atoms with Gasteiger partial charge < -0.3 is 23.5 Å². The van der Waals surface area contributed by atoms with Crippen LogP contribution >= 0.6 is 0 Å². The Hall–Kier alpha value is -1.28. The summed E-state index contributed by atoms with van der Waals surface area (Å²) in [7, 11) is -0.527. The fourth-order valence-electron chi connectivity index (χ4n) is 5.16. The van der Waals surface area contributed by atoms with E-state index in [0.29, 0.717) is 0 Å². The first-order chi connectivity index (χ1) is 13.0. The van der Waals surface area contributed by atoms with E-state index in [1.165, 1.54) is 38.5 Å². The monoisotopic (exact) mass is 380 g/mol. The van der Waals surface area contributed by atoms with Crippen LogP contribution in [0.1, 0.15) is 71.1 Å². The largest absolute Gasteiger partial charge is 0.508 e. The van der Waals surface area contributed by atoms with Crippen LogP contribution in [0, 0.1) is 5.41 Å². The van der Waals surface area contributed by atoms with Gasteiger partial charge in [-0.2, -0.15) is 0 Å². The van der Waals surface area contributed by atoms with Gasteiger partial charge in [-0.3, -0.25) is 4.79 Å². The van der Waals surface area contributed by atoms with Crippen LogP contribution < -0.4 is 0 Å². The van der Waals surface area contributed by atoms with Crippen molar-refractivity contribution in [3.63, 3.8) is 0 Å². The number of carbonyl (C=O) groups is 2. The van der Waals surface area contributed by atoms with E-state index in [1.54, 1.807) is 6.92 Å². The molecule has 150 valence electrons. The topological polar surface area (TPSA) is 80.3 Å². The van der Waals surface area contributed by atoms with Crippen LogP contribution in [-0.2, 0) is 28.3 Å². The molecule has 2 saturated heterocycles. The molecular weight excluding hydrogens is 351 g/mol. The summed E-state index contributed by atoms with van der Waals surface area (Å²) in [5, 5.41) is 0. The Morgan fingerprint density at radius 2 is 1.41 bits per heavy atom. The van der Waals surface area contributed by atoms with Crippen molar-refractivity contribution < 1.29 is 33.1 Å². The van der Waals surface area contributed by atoms with E-state index in [4.69, 9.17) is 23.5 Å². The minimum Gasteiger partial charge on any atom is -0.468 e. The van der Waals surface area contributed by atoms with E-state index in [-0.39, 0.29) is 30.9 Å². The average Bonchev–Trinajstić information content (AvgIpc) is 2.95. The lowest BCUT2D eigenvalue weighted by Crippen LogP contribution is -2.53. The summed E-state index contributed by atoms with van der Waals surface area (Å²) in [4.78, 5) is 23.6. The number of esters is 1. The molecule has 0 N–H and O–H groups in total. The average molecular weight is 380 g/mol. The second kappa shape index (κ2) is 7.28. The third kappa shape index (κ3) is 3.46. The summed E-state index contributed by atoms with van der Waals surface area (Å²) < 4.78 is 28.1. The summed E-state index contributed by atoms with van der Waals surface area (Å²) in [5.41, 5.74) is -1.44. The maximum atomic E-state index is 12.5. The van der Waals surface area contributed by atoms with Crippen LogP contribution in [0.15, 0.2) is 0 Å². The maximum absolute atomic E-state index is 12.5. The summed E-state index contributed by atoms with van der Waals surface area (Å²) in [6.45, 7) is 1.66. The molecule has 2 aliphatic heterocycles. The molecule has 0 unspecified atom stereocenters. The van der Waals surface area contributed by atoms with Crippen molar-refractivity contribution in [2.24, 2.45) is 5.41 Å². The molecule has 0 amide bonds. The highest BCUT2D eigenvalue weighted by Gasteiger charge is 2.61. The highest BCUT2D eigenvalue weighted by Crippen LogP contribution is 2.53. The second-order valence-corrected chi connectivity index (χ2v) is 8.76. The maximum Gasteiger partial charge on any atom is 0.508 e. The summed E-state index contributed by atoms with van der Waals surface area (Å²) in [6, 6.07) is 0. The molecule has 2 heterocycles. The third-order valence-electron chi connectivity index (χ3n) is 6.73. The quantitative estimate of drug-likeness (QED) is 0.550. The van der Waals surface area contributed by atoms with E-state index in [1.807, 2.05) is 0 Å². The first kappa shape index (κ1) is 19.1. The molecule has 0 aromatic rings. The first-order valence-electron chi connectivity index (χ1n) is 10.3. The SMILES string of the molecule is CC1(C(=O)OCB2OC3(CCCCC3)C3(CCCCC3)O2)COC(=O)OC1. The molecular formula is C19H29BO7. The summed E-state index contributed by atoms with van der Waals surface area (Å²) in [6.07, 6.45) is 10.5. The fraction of sp³-hybridized carbons (Fsp3) is 0.895. The Morgan fingerprint density at radius 1 is 0.926 bits per heavy atom. The van der Waals surface area contributed by atoms with E-state index in [2.05, 4.69) is 0 Å². The van der Waals surface area contributed by atoms with Gasteiger partial charge in [0.2, 0.25) is 0 Å². The van der Waals surface area contributed by atoms with Crippen molar-refractivity contribution in [1.82, 2.24) is 0 Å². The van der Waals surface area contributed by atoms with Crippen LogP contribution in [-0.4, -0.2) is 50.2 Å². The van der Waals surface area contributed by atoms with Crippen LogP contribution in [0.25, 0.3) is 0 Å². The van der Waals surface area contributed by atoms with E-state index in [9.17, 15) is 9.59 Å². The second-order valence-electron chi connectivity index (χ2n) is 8.76. The molecule has 0 atom stereocenters. The molecule has 4 rings (SSSR count). The number of fused-ring (bicyclic) bond motifs is 1. The van der Waals surface area contributed by atoms with Crippen LogP contribution in [0.2, 0.25) is 0 Å². The van der Waals surface area contributed by atoms with Crippen LogP contribution in [0.4, 0.5) is 4.79 Å². The lowest BCUT2D eigenvalue weighted by atomic mass is 9.66. The molecule has 4 aliphatic rings. The van der Waals surface area contributed by atoms with Gasteiger partial charge in [0.05, 0.1) is 11.2 Å². The zero-order valence-electron chi connectivity index (χ0n) is 16.1. The standard InChI is InChI=1S/C19H29BO7/c1-17(12-23-16(22)24-13-17)15(21)25-14-20-26-18(8-4-2-5-9-18)19(27-20)10-6-3-7-11-19/h2-14H2,1H3. The molecule has 27 heavy (non-hydrogen) atoms. The normalized spacial score (nSPS) is 28.6. The fourth-order valence-corrected chi connectivity index (χ4v) is 5.16. The number of ether oxygens (including phenoxy) is 3. The van der Waals surface area contributed by atoms with Gasteiger partial charge in [-0.25, -0.2) is 4.79 Å². The molecule has 0 aromatic heterocycles. The van der Waals surface area contributed by atoms with E-state index >= 15 is 0 Å². The van der Waals surface area contributed by atoms with E-state index < -0.39 is 24.7 Å². The molecule has 0 aromatic carbocycles. The van der Waals surface area contributed by atoms with Crippen molar-refractivity contribution in [1.29, 1.82) is 0 Å². The highest BCUT2D eigenvalue weighted by atomic mass is 16.7. The smallest absolute Gasteiger partial charge is 0.468 e. The predicted octanol–water partition coefficient (Wildman–Crippen LogP) is 3.18. The minimum absolute atomic E-state index is 0.0368. The molecule has 7 nitrogen and oxygen atoms in total. The lowest BCUT2D eigenvalue weighted by Gasteiger charge is -2.48. The van der Waals surface area contributed by atoms with Gasteiger partial charge in [0.15, 0.2) is 0 Å². The van der Waals surface area contributed by atoms with Gasteiger partial charge in [-0.1, -0.05) is 38.5 Å². The summed E-state index contributed by atoms with van der Waals surface area (Å²) >= 11 is 0. The lowest BCUT2D eigenvalue weighted by molar-refractivity contribution is -0.164. The molecule has 4 fully saturated rings. The van der Waals surface area contributed by atoms with Gasteiger partial charge in [-0.05, 0) is 32.6 Å². The highest BCUT2D eigenvalue weighted by molar-refractivity contribution is 6.45. The Labute approximate surface area is 160 Å². The Kier molecular flexibility index (Phi) is 5.14. The molecule has 8 heteroatoms. The first-order valence-corrected chi connectivity index (χ1v) is 10.3. The third-order valence-corrected chi connectivity index (χ3v) is 6.73. The number of cyclic esters (lactones) is 2. The van der Waals surface area contributed by atoms with Gasteiger partial charge in [-0.15, -0.1) is 0 Å². The van der Waals surface area contributed by atoms with E-state index in [0.717, 1.165) is 25.7 Å². The Balaban J connectivity index is 1.40. The number of carbonyl (C=O) groups excluding carboxylic acids is 2. The van der Waals surface area contributed by atoms with Crippen LogP contribution in [0.5, 0.6) is 0 Å². The van der Waals surface area contributed by atoms with Gasteiger partial charge in [0.25, 0.3) is 0 Å². The zero-order chi connectivity index (χ0) is 19.0. The van der Waals surface area contributed by atoms with Crippen molar-refractivity contribution >= 4 is 19.2 Å². The number of hydrogen-bond acceptors (Lipinski definition) is 7. The predicted molar refractivity (Wildman–Crippen MR) is 95.9 cm³/mol. The van der Waals surface area contributed by atoms with Crippen molar-refractivity contribution in [2.45, 2.75) is 82.3 Å². The number of hydrogen-bond donors (Lipinski definition) is 0. The summed E-state index contributed by atoms with van der Waals surface area (Å²) in [5.74, 6) is -0.454. The Morgan fingerprint density at radius 3 is 1.89 bits per heavy atom. The molecule has 0 bridgehead atoms.